The summed E-state index contributed by atoms with van der Waals surface area (Å²) in [5.41, 5.74) is 7.45. The van der Waals surface area contributed by atoms with Crippen LogP contribution in [0.2, 0.25) is 0 Å². The lowest BCUT2D eigenvalue weighted by Crippen LogP contribution is -2.47. The number of piperazine rings is 1. The molecule has 0 aromatic heterocycles. The molecule has 0 radical (unpaired) electrons. The molecule has 0 bridgehead atoms. The van der Waals surface area contributed by atoms with Crippen molar-refractivity contribution >= 4 is 5.69 Å². The van der Waals surface area contributed by atoms with E-state index >= 15 is 0 Å². The van der Waals surface area contributed by atoms with Crippen molar-refractivity contribution in [2.75, 3.05) is 50.7 Å². The molecule has 0 atom stereocenters. The highest BCUT2D eigenvalue weighted by atomic mass is 15.3. The monoisotopic (exact) mass is 285 g/mol. The van der Waals surface area contributed by atoms with E-state index < -0.39 is 0 Å². The number of nitrogens with one attached hydrogen (secondary N) is 1. The van der Waals surface area contributed by atoms with Crippen LogP contribution in [0, 0.1) is 13.8 Å². The van der Waals surface area contributed by atoms with Gasteiger partial charge in [-0.2, -0.15) is 0 Å². The lowest BCUT2D eigenvalue weighted by atomic mass is 10.0. The average Bonchev–Trinajstić information content (AvgIpc) is 2.41. The molecule has 0 unspecified atom stereocenters. The average molecular weight is 285 g/mol. The van der Waals surface area contributed by atoms with E-state index in [0.717, 1.165) is 32.7 Å². The molecule has 0 amide bonds. The third-order valence-corrected chi connectivity index (χ3v) is 5.03. The Hall–Kier alpha value is -1.32. The van der Waals surface area contributed by atoms with Gasteiger partial charge >= 0.3 is 0 Å². The molecule has 2 aliphatic heterocycles. The molecular weight excluding hydrogens is 258 g/mol. The van der Waals surface area contributed by atoms with Crippen molar-refractivity contribution in [1.82, 2.24) is 10.2 Å². The van der Waals surface area contributed by atoms with Crippen molar-refractivity contribution in [3.05, 3.63) is 40.5 Å². The van der Waals surface area contributed by atoms with Gasteiger partial charge in [-0.1, -0.05) is 17.7 Å². The molecule has 0 saturated carbocycles. The zero-order valence-corrected chi connectivity index (χ0v) is 13.6. The van der Waals surface area contributed by atoms with E-state index in [9.17, 15) is 0 Å². The van der Waals surface area contributed by atoms with Gasteiger partial charge in [0.25, 0.3) is 0 Å². The van der Waals surface area contributed by atoms with Crippen molar-refractivity contribution in [1.29, 1.82) is 0 Å². The molecule has 3 nitrogen and oxygen atoms in total. The van der Waals surface area contributed by atoms with Gasteiger partial charge in [-0.3, -0.25) is 4.90 Å². The minimum Gasteiger partial charge on any atom is -0.369 e. The van der Waals surface area contributed by atoms with Gasteiger partial charge in [-0.05, 0) is 43.5 Å². The molecule has 0 spiro atoms. The van der Waals surface area contributed by atoms with E-state index in [1.165, 1.54) is 29.9 Å². The Labute approximate surface area is 128 Å². The first-order chi connectivity index (χ1) is 10.1. The molecule has 21 heavy (non-hydrogen) atoms. The highest BCUT2D eigenvalue weighted by Gasteiger charge is 2.20. The Morgan fingerprint density at radius 2 is 1.81 bits per heavy atom. The zero-order chi connectivity index (χ0) is 14.8. The molecule has 114 valence electrons. The molecule has 1 aromatic rings. The summed E-state index contributed by atoms with van der Waals surface area (Å²) in [4.78, 5) is 5.15. The van der Waals surface area contributed by atoms with Crippen LogP contribution in [-0.2, 0) is 0 Å². The lowest BCUT2D eigenvalue weighted by Gasteiger charge is -2.37. The largest absolute Gasteiger partial charge is 0.369 e. The van der Waals surface area contributed by atoms with Crippen LogP contribution < -0.4 is 10.2 Å². The van der Waals surface area contributed by atoms with Crippen LogP contribution >= 0.6 is 0 Å². The number of anilines is 1. The summed E-state index contributed by atoms with van der Waals surface area (Å²) >= 11 is 0. The molecular formula is C18H27N3. The Kier molecular flexibility index (Phi) is 4.32. The van der Waals surface area contributed by atoms with Crippen molar-refractivity contribution < 1.29 is 0 Å². The zero-order valence-electron chi connectivity index (χ0n) is 13.6. The van der Waals surface area contributed by atoms with Crippen molar-refractivity contribution in [3.8, 4) is 0 Å². The summed E-state index contributed by atoms with van der Waals surface area (Å²) < 4.78 is 0. The van der Waals surface area contributed by atoms with Gasteiger partial charge in [0.1, 0.15) is 0 Å². The van der Waals surface area contributed by atoms with Crippen LogP contribution in [-0.4, -0.2) is 50.7 Å². The first kappa shape index (κ1) is 14.6. The van der Waals surface area contributed by atoms with Gasteiger partial charge in [0.05, 0.1) is 0 Å². The fraction of sp³-hybridized carbons (Fsp3) is 0.556. The summed E-state index contributed by atoms with van der Waals surface area (Å²) in [7, 11) is 0. The Morgan fingerprint density at radius 3 is 2.43 bits per heavy atom. The van der Waals surface area contributed by atoms with Crippen molar-refractivity contribution in [3.63, 3.8) is 0 Å². The van der Waals surface area contributed by atoms with E-state index in [2.05, 4.69) is 54.1 Å². The predicted molar refractivity (Wildman–Crippen MR) is 90.1 cm³/mol. The van der Waals surface area contributed by atoms with Crippen LogP contribution in [0.4, 0.5) is 5.69 Å². The van der Waals surface area contributed by atoms with Crippen LogP contribution in [0.1, 0.15) is 18.1 Å². The Balaban J connectivity index is 1.59. The van der Waals surface area contributed by atoms with E-state index in [4.69, 9.17) is 0 Å². The smallest absolute Gasteiger partial charge is 0.0399 e. The van der Waals surface area contributed by atoms with Crippen LogP contribution in [0.15, 0.2) is 29.3 Å². The van der Waals surface area contributed by atoms with Crippen molar-refractivity contribution in [2.45, 2.75) is 20.8 Å². The minimum atomic E-state index is 1.11. The maximum absolute atomic E-state index is 3.33. The Bertz CT molecular complexity index is 533. The summed E-state index contributed by atoms with van der Waals surface area (Å²) in [5, 5.41) is 3.33. The number of hydrogen-bond acceptors (Lipinski definition) is 3. The van der Waals surface area contributed by atoms with Gasteiger partial charge < -0.3 is 10.2 Å². The number of hydrogen-bond donors (Lipinski definition) is 1. The molecule has 2 aliphatic rings. The third-order valence-electron chi connectivity index (χ3n) is 5.03. The van der Waals surface area contributed by atoms with E-state index in [-0.39, 0.29) is 0 Å². The highest BCUT2D eigenvalue weighted by molar-refractivity contribution is 5.56. The lowest BCUT2D eigenvalue weighted by molar-refractivity contribution is 0.276. The molecule has 2 fully saturated rings. The summed E-state index contributed by atoms with van der Waals surface area (Å²) in [5.74, 6) is 0. The van der Waals surface area contributed by atoms with Crippen LogP contribution in [0.3, 0.4) is 0 Å². The van der Waals surface area contributed by atoms with E-state index in [1.54, 1.807) is 11.1 Å². The van der Waals surface area contributed by atoms with Gasteiger partial charge in [-0.25, -0.2) is 0 Å². The summed E-state index contributed by atoms with van der Waals surface area (Å²) in [6.07, 6.45) is 0. The van der Waals surface area contributed by atoms with Gasteiger partial charge in [-0.15, -0.1) is 0 Å². The van der Waals surface area contributed by atoms with Crippen LogP contribution in [0.25, 0.3) is 0 Å². The quantitative estimate of drug-likeness (QED) is 0.860. The molecule has 2 heterocycles. The number of rotatable bonds is 3. The Morgan fingerprint density at radius 1 is 1.10 bits per heavy atom. The maximum atomic E-state index is 3.33. The molecule has 1 aromatic carbocycles. The fourth-order valence-corrected chi connectivity index (χ4v) is 3.22. The van der Waals surface area contributed by atoms with Gasteiger partial charge in [0.15, 0.2) is 0 Å². The third kappa shape index (κ3) is 3.14. The summed E-state index contributed by atoms with van der Waals surface area (Å²) in [6, 6.07) is 6.66. The van der Waals surface area contributed by atoms with E-state index in [0.29, 0.717) is 0 Å². The second-order valence-electron chi connectivity index (χ2n) is 6.47. The van der Waals surface area contributed by atoms with Crippen LogP contribution in [0.5, 0.6) is 0 Å². The second kappa shape index (κ2) is 6.20. The number of aryl methyl sites for hydroxylation is 1. The minimum absolute atomic E-state index is 1.11. The topological polar surface area (TPSA) is 18.5 Å². The highest BCUT2D eigenvalue weighted by Crippen LogP contribution is 2.24. The van der Waals surface area contributed by atoms with E-state index in [1.807, 2.05) is 0 Å². The number of benzene rings is 1. The SMILES string of the molecule is CC(CN1CCN(c2cccc(C)c2C)CC1)=C1CNC1. The molecule has 0 aliphatic carbocycles. The standard InChI is InChI=1S/C18H27N3/c1-14-5-4-6-18(16(14)3)21-9-7-20(8-10-21)13-15(2)17-11-19-12-17/h4-6,19H,7-13H2,1-3H3. The molecule has 3 rings (SSSR count). The predicted octanol–water partition coefficient (Wildman–Crippen LogP) is 2.35. The van der Waals surface area contributed by atoms with Gasteiger partial charge in [0, 0.05) is 51.5 Å². The number of nitrogens with zero attached hydrogens (tertiary/aromatic N) is 2. The first-order valence-electron chi connectivity index (χ1n) is 8.07. The fourth-order valence-electron chi connectivity index (χ4n) is 3.22. The van der Waals surface area contributed by atoms with Gasteiger partial charge in [0.2, 0.25) is 0 Å². The normalized spacial score (nSPS) is 19.6. The summed E-state index contributed by atoms with van der Waals surface area (Å²) in [6.45, 7) is 14.7. The first-order valence-corrected chi connectivity index (χ1v) is 8.07. The second-order valence-corrected chi connectivity index (χ2v) is 6.47. The van der Waals surface area contributed by atoms with Crippen molar-refractivity contribution in [2.24, 2.45) is 0 Å². The molecule has 2 saturated heterocycles. The molecule has 1 N–H and O–H groups in total. The molecule has 3 heteroatoms. The maximum Gasteiger partial charge on any atom is 0.0399 e.